The van der Waals surface area contributed by atoms with Crippen LogP contribution in [0, 0.1) is 5.92 Å². The van der Waals surface area contributed by atoms with E-state index >= 15 is 0 Å². The van der Waals surface area contributed by atoms with Crippen LogP contribution in [0.1, 0.15) is 44.1 Å². The molecule has 26 heavy (non-hydrogen) atoms. The number of rotatable bonds is 8. The minimum absolute atomic E-state index is 0.0949. The van der Waals surface area contributed by atoms with Crippen LogP contribution < -0.4 is 11.1 Å². The predicted molar refractivity (Wildman–Crippen MR) is 102 cm³/mol. The van der Waals surface area contributed by atoms with Crippen LogP contribution >= 0.6 is 7.37 Å². The maximum Gasteiger partial charge on any atom is 0.240 e. The van der Waals surface area contributed by atoms with Crippen LogP contribution in [0.4, 0.5) is 0 Å². The highest BCUT2D eigenvalue weighted by Crippen LogP contribution is 2.51. The number of carbonyl (C=O) groups excluding carboxylic acids is 2. The Morgan fingerprint density at radius 2 is 1.85 bits per heavy atom. The zero-order chi connectivity index (χ0) is 19.2. The second kappa shape index (κ2) is 9.33. The summed E-state index contributed by atoms with van der Waals surface area (Å²) in [5, 5.41) is 2.66. The lowest BCUT2D eigenvalue weighted by Crippen LogP contribution is -2.47. The first-order valence-corrected chi connectivity index (χ1v) is 11.4. The molecule has 1 aliphatic rings. The SMILES string of the molecule is CP(=O)(O)C(CC(NC(=O)Cc1ccccc1)C(N)=O)C1CCCCC1. The average Bonchev–Trinajstić information content (AvgIpc) is 2.58. The van der Waals surface area contributed by atoms with Gasteiger partial charge in [0.15, 0.2) is 0 Å². The summed E-state index contributed by atoms with van der Waals surface area (Å²) in [6, 6.07) is 8.27. The first kappa shape index (κ1) is 20.7. The zero-order valence-corrected chi connectivity index (χ0v) is 16.2. The monoisotopic (exact) mass is 380 g/mol. The third kappa shape index (κ3) is 6.26. The summed E-state index contributed by atoms with van der Waals surface area (Å²) >= 11 is 0. The molecule has 2 amide bonds. The fourth-order valence-electron chi connectivity index (χ4n) is 3.81. The van der Waals surface area contributed by atoms with Crippen molar-refractivity contribution in [3.05, 3.63) is 35.9 Å². The quantitative estimate of drug-likeness (QED) is 0.602. The zero-order valence-electron chi connectivity index (χ0n) is 15.3. The molecule has 2 rings (SSSR count). The van der Waals surface area contributed by atoms with Gasteiger partial charge in [-0.2, -0.15) is 0 Å². The summed E-state index contributed by atoms with van der Waals surface area (Å²) in [5.41, 5.74) is 5.79. The number of hydrogen-bond acceptors (Lipinski definition) is 3. The smallest absolute Gasteiger partial charge is 0.240 e. The van der Waals surface area contributed by atoms with Gasteiger partial charge in [0.05, 0.1) is 6.42 Å². The first-order valence-electron chi connectivity index (χ1n) is 9.20. The fourth-order valence-corrected chi connectivity index (χ4v) is 5.49. The van der Waals surface area contributed by atoms with Crippen molar-refractivity contribution in [2.24, 2.45) is 11.7 Å². The molecule has 0 saturated heterocycles. The summed E-state index contributed by atoms with van der Waals surface area (Å²) in [5.74, 6) is -0.885. The van der Waals surface area contributed by atoms with Gasteiger partial charge in [0, 0.05) is 12.3 Å². The Morgan fingerprint density at radius 1 is 1.23 bits per heavy atom. The molecular formula is C19H29N2O4P. The summed E-state index contributed by atoms with van der Waals surface area (Å²) in [6.45, 7) is 1.34. The minimum atomic E-state index is -3.41. The van der Waals surface area contributed by atoms with Crippen molar-refractivity contribution in [3.63, 3.8) is 0 Å². The summed E-state index contributed by atoms with van der Waals surface area (Å²) < 4.78 is 12.4. The molecule has 1 aliphatic carbocycles. The van der Waals surface area contributed by atoms with E-state index in [4.69, 9.17) is 5.73 Å². The molecule has 144 valence electrons. The summed E-state index contributed by atoms with van der Waals surface area (Å²) in [7, 11) is -3.41. The number of nitrogens with one attached hydrogen (secondary N) is 1. The van der Waals surface area contributed by atoms with E-state index in [0.29, 0.717) is 0 Å². The highest BCUT2D eigenvalue weighted by Gasteiger charge is 2.37. The lowest BCUT2D eigenvalue weighted by molar-refractivity contribution is -0.127. The average molecular weight is 380 g/mol. The molecule has 1 saturated carbocycles. The van der Waals surface area contributed by atoms with E-state index in [-0.39, 0.29) is 24.7 Å². The van der Waals surface area contributed by atoms with E-state index in [0.717, 1.165) is 37.7 Å². The number of primary amides is 1. The van der Waals surface area contributed by atoms with Crippen LogP contribution in [0.5, 0.6) is 0 Å². The number of carbonyl (C=O) groups is 2. The van der Waals surface area contributed by atoms with Crippen LogP contribution in [0.3, 0.4) is 0 Å². The highest BCUT2D eigenvalue weighted by molar-refractivity contribution is 7.57. The van der Waals surface area contributed by atoms with Gasteiger partial charge in [0.2, 0.25) is 19.2 Å². The molecule has 6 nitrogen and oxygen atoms in total. The van der Waals surface area contributed by atoms with Crippen molar-refractivity contribution in [2.75, 3.05) is 6.66 Å². The van der Waals surface area contributed by atoms with Crippen LogP contribution in [-0.4, -0.2) is 35.1 Å². The molecule has 0 spiro atoms. The standard InChI is InChI=1S/C19H29N2O4P/c1-26(24,25)17(15-10-6-3-7-11-15)13-16(19(20)23)21-18(22)12-14-8-4-2-5-9-14/h2,4-5,8-9,15-17H,3,6-7,10-13H2,1H3,(H2,20,23)(H,21,22)(H,24,25). The normalized spacial score (nSPS) is 19.9. The van der Waals surface area contributed by atoms with E-state index in [9.17, 15) is 19.0 Å². The molecule has 1 fully saturated rings. The first-order chi connectivity index (χ1) is 12.3. The van der Waals surface area contributed by atoms with Crippen molar-refractivity contribution < 1.29 is 19.0 Å². The Morgan fingerprint density at radius 3 is 2.38 bits per heavy atom. The van der Waals surface area contributed by atoms with Gasteiger partial charge < -0.3 is 15.9 Å². The highest BCUT2D eigenvalue weighted by atomic mass is 31.2. The Labute approximate surface area is 155 Å². The molecule has 1 aromatic carbocycles. The van der Waals surface area contributed by atoms with E-state index in [1.165, 1.54) is 6.66 Å². The largest absolute Gasteiger partial charge is 0.368 e. The van der Waals surface area contributed by atoms with Gasteiger partial charge in [-0.1, -0.05) is 49.6 Å². The third-order valence-corrected chi connectivity index (χ3v) is 7.04. The Balaban J connectivity index is 2.05. The maximum atomic E-state index is 12.4. The molecule has 7 heteroatoms. The molecule has 0 bridgehead atoms. The van der Waals surface area contributed by atoms with E-state index in [2.05, 4.69) is 5.32 Å². The topological polar surface area (TPSA) is 109 Å². The molecule has 0 radical (unpaired) electrons. The lowest BCUT2D eigenvalue weighted by atomic mass is 9.84. The van der Waals surface area contributed by atoms with Crippen molar-refractivity contribution in [1.82, 2.24) is 5.32 Å². The van der Waals surface area contributed by atoms with Gasteiger partial charge in [-0.05, 0) is 30.7 Å². The lowest BCUT2D eigenvalue weighted by Gasteiger charge is -2.33. The fraction of sp³-hybridized carbons (Fsp3) is 0.579. The third-order valence-electron chi connectivity index (χ3n) is 5.17. The molecule has 1 aromatic rings. The molecule has 0 aromatic heterocycles. The van der Waals surface area contributed by atoms with Gasteiger partial charge in [-0.3, -0.25) is 14.2 Å². The molecule has 0 aliphatic heterocycles. The van der Waals surface area contributed by atoms with Crippen LogP contribution in [0.2, 0.25) is 0 Å². The summed E-state index contributed by atoms with van der Waals surface area (Å²) in [4.78, 5) is 34.4. The van der Waals surface area contributed by atoms with Gasteiger partial charge >= 0.3 is 0 Å². The van der Waals surface area contributed by atoms with Gasteiger partial charge in [0.25, 0.3) is 0 Å². The van der Waals surface area contributed by atoms with Crippen molar-refractivity contribution in [2.45, 2.75) is 56.6 Å². The molecule has 3 atom stereocenters. The van der Waals surface area contributed by atoms with Crippen LogP contribution in [0.25, 0.3) is 0 Å². The predicted octanol–water partition coefficient (Wildman–Crippen LogP) is 2.44. The number of nitrogens with two attached hydrogens (primary N) is 1. The van der Waals surface area contributed by atoms with Crippen molar-refractivity contribution in [3.8, 4) is 0 Å². The number of hydrogen-bond donors (Lipinski definition) is 3. The van der Waals surface area contributed by atoms with E-state index in [1.54, 1.807) is 0 Å². The molecular weight excluding hydrogens is 351 g/mol. The van der Waals surface area contributed by atoms with Crippen LogP contribution in [0.15, 0.2) is 30.3 Å². The number of benzene rings is 1. The Bertz CT molecular complexity index is 653. The van der Waals surface area contributed by atoms with Gasteiger partial charge in [0.1, 0.15) is 6.04 Å². The second-order valence-corrected chi connectivity index (χ2v) is 9.88. The van der Waals surface area contributed by atoms with Crippen molar-refractivity contribution in [1.29, 1.82) is 0 Å². The van der Waals surface area contributed by atoms with E-state index < -0.39 is 25.0 Å². The maximum absolute atomic E-state index is 12.4. The van der Waals surface area contributed by atoms with E-state index in [1.807, 2.05) is 30.3 Å². The van der Waals surface area contributed by atoms with Gasteiger partial charge in [-0.15, -0.1) is 0 Å². The second-order valence-electron chi connectivity index (χ2n) is 7.33. The van der Waals surface area contributed by atoms with Crippen LogP contribution in [-0.2, 0) is 20.6 Å². The van der Waals surface area contributed by atoms with Gasteiger partial charge in [-0.25, -0.2) is 0 Å². The molecule has 3 unspecified atom stereocenters. The Hall–Kier alpha value is -1.65. The van der Waals surface area contributed by atoms with Crippen molar-refractivity contribution >= 4 is 19.2 Å². The minimum Gasteiger partial charge on any atom is -0.368 e. The summed E-state index contributed by atoms with van der Waals surface area (Å²) in [6.07, 6.45) is 5.21. The molecule has 4 N–H and O–H groups in total. The number of amides is 2. The Kier molecular flexibility index (Phi) is 7.42. The molecule has 0 heterocycles.